The molecule has 1 aromatic carbocycles. The Hall–Kier alpha value is -2.31. The first-order valence-electron chi connectivity index (χ1n) is 6.95. The van der Waals surface area contributed by atoms with E-state index in [-0.39, 0.29) is 6.61 Å². The van der Waals surface area contributed by atoms with Gasteiger partial charge in [0.2, 0.25) is 5.75 Å². The fourth-order valence-corrected chi connectivity index (χ4v) is 2.43. The second-order valence-corrected chi connectivity index (χ2v) is 4.85. The molecule has 0 aliphatic rings. The highest BCUT2D eigenvalue weighted by Crippen LogP contribution is 2.38. The van der Waals surface area contributed by atoms with Crippen molar-refractivity contribution in [3.63, 3.8) is 0 Å². The first kappa shape index (κ1) is 14.6. The number of rotatable bonds is 5. The summed E-state index contributed by atoms with van der Waals surface area (Å²) in [5.74, 6) is 0.368. The molecule has 3 aromatic rings. The number of aliphatic hydroxyl groups excluding tert-OH is 1. The Morgan fingerprint density at radius 3 is 2.73 bits per heavy atom. The van der Waals surface area contributed by atoms with Crippen molar-refractivity contribution in [3.05, 3.63) is 40.4 Å². The molecule has 22 heavy (non-hydrogen) atoms. The second kappa shape index (κ2) is 5.82. The average molecular weight is 304 g/mol. The zero-order chi connectivity index (χ0) is 15.7. The number of fused-ring (bicyclic) bond motifs is 2. The molecule has 0 spiro atoms. The van der Waals surface area contributed by atoms with Gasteiger partial charge in [-0.25, -0.2) is 4.79 Å². The van der Waals surface area contributed by atoms with Crippen molar-refractivity contribution in [3.8, 4) is 5.75 Å². The number of methoxy groups -OCH3 is 1. The van der Waals surface area contributed by atoms with Crippen molar-refractivity contribution in [2.75, 3.05) is 7.11 Å². The van der Waals surface area contributed by atoms with Crippen LogP contribution in [-0.2, 0) is 11.3 Å². The van der Waals surface area contributed by atoms with Crippen LogP contribution in [0.5, 0.6) is 5.75 Å². The minimum Gasteiger partial charge on any atom is -0.490 e. The third-order valence-electron chi connectivity index (χ3n) is 3.53. The molecule has 1 N–H and O–H groups in total. The lowest BCUT2D eigenvalue weighted by Crippen LogP contribution is -2.10. The van der Waals surface area contributed by atoms with Crippen LogP contribution in [0.3, 0.4) is 0 Å². The van der Waals surface area contributed by atoms with E-state index in [0.717, 1.165) is 10.9 Å². The van der Waals surface area contributed by atoms with Crippen LogP contribution in [0.4, 0.5) is 0 Å². The van der Waals surface area contributed by atoms with Gasteiger partial charge in [-0.1, -0.05) is 6.92 Å². The molecule has 3 rings (SSSR count). The van der Waals surface area contributed by atoms with Crippen LogP contribution < -0.4 is 10.4 Å². The zero-order valence-electron chi connectivity index (χ0n) is 12.3. The molecule has 0 saturated heterocycles. The monoisotopic (exact) mass is 304 g/mol. The van der Waals surface area contributed by atoms with Crippen molar-refractivity contribution >= 4 is 21.9 Å². The number of hydrogen-bond acceptors (Lipinski definition) is 6. The predicted octanol–water partition coefficient (Wildman–Crippen LogP) is 2.79. The predicted molar refractivity (Wildman–Crippen MR) is 79.9 cm³/mol. The lowest BCUT2D eigenvalue weighted by atomic mass is 10.0. The highest BCUT2D eigenvalue weighted by Gasteiger charge is 2.19. The zero-order valence-corrected chi connectivity index (χ0v) is 12.3. The molecule has 0 bridgehead atoms. The van der Waals surface area contributed by atoms with Crippen molar-refractivity contribution in [2.45, 2.75) is 26.2 Å². The molecule has 2 heterocycles. The number of ether oxygens (including phenoxy) is 2. The van der Waals surface area contributed by atoms with E-state index in [9.17, 15) is 9.90 Å². The molecular weight excluding hydrogens is 288 g/mol. The summed E-state index contributed by atoms with van der Waals surface area (Å²) < 4.78 is 21.5. The first-order chi connectivity index (χ1) is 10.7. The van der Waals surface area contributed by atoms with E-state index in [2.05, 4.69) is 0 Å². The van der Waals surface area contributed by atoms with Gasteiger partial charge in [-0.15, -0.1) is 0 Å². The fraction of sp³-hybridized carbons (Fsp3) is 0.312. The Bertz CT molecular complexity index is 860. The van der Waals surface area contributed by atoms with Crippen molar-refractivity contribution in [2.24, 2.45) is 0 Å². The van der Waals surface area contributed by atoms with Gasteiger partial charge in [0.05, 0.1) is 20.0 Å². The molecule has 2 aromatic heterocycles. The number of furan rings is 1. The third-order valence-corrected chi connectivity index (χ3v) is 3.53. The summed E-state index contributed by atoms with van der Waals surface area (Å²) in [5, 5.41) is 11.1. The van der Waals surface area contributed by atoms with E-state index in [4.69, 9.17) is 18.3 Å². The van der Waals surface area contributed by atoms with Crippen LogP contribution in [0.1, 0.15) is 18.9 Å². The number of hydrogen-bond donors (Lipinski definition) is 1. The lowest BCUT2D eigenvalue weighted by Gasteiger charge is -2.13. The van der Waals surface area contributed by atoms with E-state index >= 15 is 0 Å². The maximum absolute atomic E-state index is 11.5. The molecule has 1 unspecified atom stereocenters. The van der Waals surface area contributed by atoms with Crippen LogP contribution in [0.15, 0.2) is 38.1 Å². The molecule has 0 radical (unpaired) electrons. The van der Waals surface area contributed by atoms with Gasteiger partial charge in [0.15, 0.2) is 17.5 Å². The quantitative estimate of drug-likeness (QED) is 0.576. The van der Waals surface area contributed by atoms with Crippen molar-refractivity contribution < 1.29 is 23.4 Å². The lowest BCUT2D eigenvalue weighted by molar-refractivity contribution is -0.108. The largest absolute Gasteiger partial charge is 0.490 e. The fourth-order valence-electron chi connectivity index (χ4n) is 2.43. The Kier molecular flexibility index (Phi) is 3.87. The maximum Gasteiger partial charge on any atom is 0.336 e. The molecule has 0 aliphatic carbocycles. The molecule has 0 aliphatic heterocycles. The van der Waals surface area contributed by atoms with Crippen molar-refractivity contribution in [1.29, 1.82) is 0 Å². The average Bonchev–Trinajstić information content (AvgIpc) is 3.00. The maximum atomic E-state index is 11.5. The van der Waals surface area contributed by atoms with Gasteiger partial charge in [-0.2, -0.15) is 0 Å². The summed E-state index contributed by atoms with van der Waals surface area (Å²) >= 11 is 0. The van der Waals surface area contributed by atoms with E-state index in [1.54, 1.807) is 12.1 Å². The van der Waals surface area contributed by atoms with Crippen LogP contribution in [-0.4, -0.2) is 18.5 Å². The van der Waals surface area contributed by atoms with Gasteiger partial charge in [0.25, 0.3) is 0 Å². The van der Waals surface area contributed by atoms with E-state index < -0.39 is 11.9 Å². The third kappa shape index (κ3) is 2.36. The van der Waals surface area contributed by atoms with E-state index in [0.29, 0.717) is 28.7 Å². The van der Waals surface area contributed by atoms with E-state index in [1.165, 1.54) is 19.4 Å². The normalized spacial score (nSPS) is 12.9. The van der Waals surface area contributed by atoms with Gasteiger partial charge in [-0.3, -0.25) is 0 Å². The standard InChI is InChI=1S/C16H16O6/c1-3-12(17)21-8-11-9-4-5-13(18)22-15(9)16(19-2)14-10(11)6-7-20-14/h4-7,12,17H,3,8H2,1-2H3. The van der Waals surface area contributed by atoms with Gasteiger partial charge in [0, 0.05) is 22.4 Å². The molecule has 0 saturated carbocycles. The minimum atomic E-state index is -0.852. The topological polar surface area (TPSA) is 82.0 Å². The Labute approximate surface area is 125 Å². The Morgan fingerprint density at radius 2 is 2.00 bits per heavy atom. The summed E-state index contributed by atoms with van der Waals surface area (Å²) in [5.41, 5.74) is 1.09. The molecule has 0 fully saturated rings. The van der Waals surface area contributed by atoms with Crippen LogP contribution in [0.2, 0.25) is 0 Å². The Balaban J connectivity index is 2.27. The second-order valence-electron chi connectivity index (χ2n) is 4.85. The minimum absolute atomic E-state index is 0.166. The van der Waals surface area contributed by atoms with Gasteiger partial charge in [0.1, 0.15) is 0 Å². The molecule has 116 valence electrons. The molecule has 0 amide bonds. The highest BCUT2D eigenvalue weighted by molar-refractivity contribution is 6.03. The molecule has 6 nitrogen and oxygen atoms in total. The first-order valence-corrected chi connectivity index (χ1v) is 6.95. The SMILES string of the molecule is CCC(O)OCc1c2ccoc2c(OC)c2oc(=O)ccc12. The Morgan fingerprint density at radius 1 is 1.23 bits per heavy atom. The molecule has 1 atom stereocenters. The summed E-state index contributed by atoms with van der Waals surface area (Å²) in [6, 6.07) is 4.79. The highest BCUT2D eigenvalue weighted by atomic mass is 16.6. The summed E-state index contributed by atoms with van der Waals surface area (Å²) in [6.07, 6.45) is 1.16. The van der Waals surface area contributed by atoms with Crippen LogP contribution >= 0.6 is 0 Å². The van der Waals surface area contributed by atoms with Gasteiger partial charge in [-0.05, 0) is 18.6 Å². The van der Waals surface area contributed by atoms with Crippen molar-refractivity contribution in [1.82, 2.24) is 0 Å². The number of benzene rings is 1. The van der Waals surface area contributed by atoms with E-state index in [1.807, 2.05) is 6.92 Å². The van der Waals surface area contributed by atoms with Gasteiger partial charge < -0.3 is 23.4 Å². The smallest absolute Gasteiger partial charge is 0.336 e. The van der Waals surface area contributed by atoms with Gasteiger partial charge >= 0.3 is 5.63 Å². The molecule has 6 heteroatoms. The molecular formula is C16H16O6. The summed E-state index contributed by atoms with van der Waals surface area (Å²) in [6.45, 7) is 1.99. The van der Waals surface area contributed by atoms with Crippen LogP contribution in [0, 0.1) is 0 Å². The van der Waals surface area contributed by atoms with Crippen LogP contribution in [0.25, 0.3) is 21.9 Å². The summed E-state index contributed by atoms with van der Waals surface area (Å²) in [4.78, 5) is 11.5. The number of aliphatic hydroxyl groups is 1. The summed E-state index contributed by atoms with van der Waals surface area (Å²) in [7, 11) is 1.49.